The van der Waals surface area contributed by atoms with Crippen molar-refractivity contribution in [3.8, 4) is 0 Å². The van der Waals surface area contributed by atoms with Crippen LogP contribution in [0.3, 0.4) is 0 Å². The van der Waals surface area contributed by atoms with Crippen molar-refractivity contribution < 1.29 is 0 Å². The highest BCUT2D eigenvalue weighted by Gasteiger charge is 2.11. The second-order valence-corrected chi connectivity index (χ2v) is 8.50. The molecule has 1 aliphatic heterocycles. The van der Waals surface area contributed by atoms with Crippen LogP contribution in [0.1, 0.15) is 53.7 Å². The van der Waals surface area contributed by atoms with Gasteiger partial charge in [0, 0.05) is 30.7 Å². The summed E-state index contributed by atoms with van der Waals surface area (Å²) < 4.78 is 0. The van der Waals surface area contributed by atoms with Crippen LogP contribution in [-0.2, 0) is 13.1 Å². The maximum atomic E-state index is 4.77. The predicted octanol–water partition coefficient (Wildman–Crippen LogP) is 3.79. The molecule has 0 spiro atoms. The van der Waals surface area contributed by atoms with E-state index in [9.17, 15) is 0 Å². The molecule has 0 saturated carbocycles. The molecule has 0 atom stereocenters. The van der Waals surface area contributed by atoms with Crippen molar-refractivity contribution in [1.29, 1.82) is 0 Å². The van der Waals surface area contributed by atoms with Crippen molar-refractivity contribution in [1.82, 2.24) is 20.6 Å². The molecule has 2 aromatic heterocycles. The zero-order chi connectivity index (χ0) is 19.8. The minimum absolute atomic E-state index is 0.638. The lowest BCUT2D eigenvalue weighted by atomic mass is 10.2. The summed E-state index contributed by atoms with van der Waals surface area (Å²) in [6.45, 7) is 10.6. The van der Waals surface area contributed by atoms with E-state index < -0.39 is 0 Å². The van der Waals surface area contributed by atoms with Gasteiger partial charge in [-0.2, -0.15) is 0 Å². The summed E-state index contributed by atoms with van der Waals surface area (Å²) in [6.07, 6.45) is 7.09. The van der Waals surface area contributed by atoms with Crippen molar-refractivity contribution >= 4 is 23.1 Å². The van der Waals surface area contributed by atoms with E-state index in [-0.39, 0.29) is 0 Å². The maximum Gasteiger partial charge on any atom is 0.191 e. The van der Waals surface area contributed by atoms with Crippen LogP contribution in [-0.4, -0.2) is 35.6 Å². The summed E-state index contributed by atoms with van der Waals surface area (Å²) in [5, 5.41) is 7.87. The highest BCUT2D eigenvalue weighted by atomic mass is 32.1. The fraction of sp³-hybridized carbons (Fsp3) is 0.571. The van der Waals surface area contributed by atoms with E-state index in [0.29, 0.717) is 6.54 Å². The Balaban J connectivity index is 1.63. The number of anilines is 1. The highest BCUT2D eigenvalue weighted by molar-refractivity contribution is 7.11. The van der Waals surface area contributed by atoms with Crippen LogP contribution in [0.2, 0.25) is 0 Å². The van der Waals surface area contributed by atoms with E-state index in [2.05, 4.69) is 51.5 Å². The van der Waals surface area contributed by atoms with Gasteiger partial charge in [0.15, 0.2) is 5.96 Å². The van der Waals surface area contributed by atoms with Gasteiger partial charge in [0.1, 0.15) is 5.82 Å². The minimum Gasteiger partial charge on any atom is -0.357 e. The summed E-state index contributed by atoms with van der Waals surface area (Å²) in [4.78, 5) is 17.5. The normalized spacial score (nSPS) is 15.4. The van der Waals surface area contributed by atoms with Crippen LogP contribution in [0, 0.1) is 13.8 Å². The lowest BCUT2D eigenvalue weighted by molar-refractivity contribution is 0.726. The molecule has 1 aliphatic rings. The number of guanidine groups is 1. The fourth-order valence-corrected chi connectivity index (χ4v) is 4.32. The van der Waals surface area contributed by atoms with Crippen molar-refractivity contribution in [2.24, 2.45) is 4.99 Å². The molecular weight excluding hydrogens is 368 g/mol. The number of nitrogens with zero attached hydrogens (tertiary/aromatic N) is 4. The third-order valence-electron chi connectivity index (χ3n) is 4.92. The number of pyridine rings is 1. The van der Waals surface area contributed by atoms with Crippen LogP contribution >= 0.6 is 11.3 Å². The van der Waals surface area contributed by atoms with Gasteiger partial charge in [0.2, 0.25) is 0 Å². The van der Waals surface area contributed by atoms with Crippen LogP contribution in [0.15, 0.2) is 23.3 Å². The Hall–Kier alpha value is -2.15. The molecule has 2 aromatic rings. The summed E-state index contributed by atoms with van der Waals surface area (Å²) in [6, 6.07) is 4.25. The average molecular weight is 401 g/mol. The summed E-state index contributed by atoms with van der Waals surface area (Å²) in [5.74, 6) is 1.92. The number of thiazole rings is 1. The van der Waals surface area contributed by atoms with E-state index in [0.717, 1.165) is 48.7 Å². The molecule has 1 saturated heterocycles. The molecule has 3 heterocycles. The molecule has 0 aromatic carbocycles. The summed E-state index contributed by atoms with van der Waals surface area (Å²) in [5.41, 5.74) is 2.29. The molecule has 28 heavy (non-hydrogen) atoms. The van der Waals surface area contributed by atoms with Gasteiger partial charge in [0.05, 0.1) is 23.8 Å². The smallest absolute Gasteiger partial charge is 0.191 e. The Morgan fingerprint density at radius 3 is 2.64 bits per heavy atom. The molecule has 6 nitrogen and oxygen atoms in total. The minimum atomic E-state index is 0.638. The molecule has 7 heteroatoms. The van der Waals surface area contributed by atoms with Crippen molar-refractivity contribution in [2.45, 2.75) is 59.5 Å². The average Bonchev–Trinajstić information content (AvgIpc) is 2.89. The third-order valence-corrected chi connectivity index (χ3v) is 5.99. The SMILES string of the molecule is CCNC(=NCc1ccnc(N2CCCCCC2)c1)NCc1sc(C)nc1C. The lowest BCUT2D eigenvalue weighted by Crippen LogP contribution is -2.36. The van der Waals surface area contributed by atoms with Crippen LogP contribution in [0.5, 0.6) is 0 Å². The van der Waals surface area contributed by atoms with E-state index in [1.807, 2.05) is 13.1 Å². The van der Waals surface area contributed by atoms with Gasteiger partial charge < -0.3 is 15.5 Å². The number of aromatic nitrogens is 2. The molecule has 0 bridgehead atoms. The van der Waals surface area contributed by atoms with Crippen molar-refractivity contribution in [3.05, 3.63) is 39.5 Å². The third kappa shape index (κ3) is 5.92. The zero-order valence-electron chi connectivity index (χ0n) is 17.3. The molecule has 0 aliphatic carbocycles. The molecule has 1 fully saturated rings. The first-order valence-corrected chi connectivity index (χ1v) is 11.1. The summed E-state index contributed by atoms with van der Waals surface area (Å²) >= 11 is 1.74. The Morgan fingerprint density at radius 1 is 1.18 bits per heavy atom. The Bertz CT molecular complexity index is 777. The van der Waals surface area contributed by atoms with Gasteiger partial charge in [-0.05, 0) is 51.3 Å². The van der Waals surface area contributed by atoms with E-state index >= 15 is 0 Å². The Morgan fingerprint density at radius 2 is 1.96 bits per heavy atom. The maximum absolute atomic E-state index is 4.77. The Kier molecular flexibility index (Phi) is 7.65. The number of hydrogen-bond donors (Lipinski definition) is 2. The van der Waals surface area contributed by atoms with Crippen LogP contribution in [0.25, 0.3) is 0 Å². The van der Waals surface area contributed by atoms with Crippen molar-refractivity contribution in [2.75, 3.05) is 24.5 Å². The quantitative estimate of drug-likeness (QED) is 0.570. The fourth-order valence-electron chi connectivity index (χ4n) is 3.45. The first kappa shape index (κ1) is 20.6. The summed E-state index contributed by atoms with van der Waals surface area (Å²) in [7, 11) is 0. The standard InChI is InChI=1S/C21H32N6S/c1-4-22-21(25-15-19-16(2)26-17(3)28-19)24-14-18-9-10-23-20(13-18)27-11-7-5-6-8-12-27/h9-10,13H,4-8,11-12,14-15H2,1-3H3,(H2,22,24,25). The van der Waals surface area contributed by atoms with E-state index in [1.54, 1.807) is 11.3 Å². The number of hydrogen-bond acceptors (Lipinski definition) is 5. The first-order chi connectivity index (χ1) is 13.7. The first-order valence-electron chi connectivity index (χ1n) is 10.3. The number of aliphatic imine (C=N–C) groups is 1. The Labute approximate surface area is 172 Å². The highest BCUT2D eigenvalue weighted by Crippen LogP contribution is 2.19. The van der Waals surface area contributed by atoms with Crippen molar-refractivity contribution in [3.63, 3.8) is 0 Å². The molecule has 152 valence electrons. The molecule has 3 rings (SSSR count). The van der Waals surface area contributed by atoms with Gasteiger partial charge in [-0.15, -0.1) is 11.3 Å². The van der Waals surface area contributed by atoms with Gasteiger partial charge in [0.25, 0.3) is 0 Å². The predicted molar refractivity (Wildman–Crippen MR) is 118 cm³/mol. The second kappa shape index (κ2) is 10.4. The second-order valence-electron chi connectivity index (χ2n) is 7.21. The molecule has 0 radical (unpaired) electrons. The molecular formula is C21H32N6S. The topological polar surface area (TPSA) is 65.4 Å². The van der Waals surface area contributed by atoms with Crippen LogP contribution in [0.4, 0.5) is 5.82 Å². The van der Waals surface area contributed by atoms with Gasteiger partial charge in [-0.1, -0.05) is 12.8 Å². The van der Waals surface area contributed by atoms with Gasteiger partial charge >= 0.3 is 0 Å². The molecule has 0 unspecified atom stereocenters. The number of aryl methyl sites for hydroxylation is 2. The lowest BCUT2D eigenvalue weighted by Gasteiger charge is -2.21. The molecule has 0 amide bonds. The number of rotatable bonds is 6. The largest absolute Gasteiger partial charge is 0.357 e. The monoisotopic (exact) mass is 400 g/mol. The van der Waals surface area contributed by atoms with Gasteiger partial charge in [-0.25, -0.2) is 15.0 Å². The van der Waals surface area contributed by atoms with E-state index in [1.165, 1.54) is 36.1 Å². The molecule has 2 N–H and O–H groups in total. The van der Waals surface area contributed by atoms with Gasteiger partial charge in [-0.3, -0.25) is 0 Å². The van der Waals surface area contributed by atoms with Crippen LogP contribution < -0.4 is 15.5 Å². The number of nitrogens with one attached hydrogen (secondary N) is 2. The van der Waals surface area contributed by atoms with E-state index in [4.69, 9.17) is 4.99 Å². The zero-order valence-corrected chi connectivity index (χ0v) is 18.1.